The summed E-state index contributed by atoms with van der Waals surface area (Å²) in [4.78, 5) is 24.0. The highest BCUT2D eigenvalue weighted by Gasteiger charge is 2.71. The molecule has 2 saturated carbocycles. The average molecular weight is 406 g/mol. The largest absolute Gasteiger partial charge is 0.459 e. The Hall–Kier alpha value is -1.70. The normalized spacial score (nSPS) is 47.8. The minimum Gasteiger partial charge on any atom is -0.459 e. The zero-order valence-electron chi connectivity index (χ0n) is 17.5. The van der Waals surface area contributed by atoms with Gasteiger partial charge in [0.15, 0.2) is 0 Å². The van der Waals surface area contributed by atoms with E-state index in [9.17, 15) is 24.9 Å². The first-order chi connectivity index (χ1) is 13.3. The number of allylic oxidation sites excluding steroid dienone is 1. The molecule has 29 heavy (non-hydrogen) atoms. The fourth-order valence-corrected chi connectivity index (χ4v) is 6.61. The first kappa shape index (κ1) is 20.6. The van der Waals surface area contributed by atoms with Crippen molar-refractivity contribution in [2.75, 3.05) is 0 Å². The van der Waals surface area contributed by atoms with Crippen LogP contribution >= 0.6 is 0 Å². The maximum Gasteiger partial charge on any atom is 0.334 e. The van der Waals surface area contributed by atoms with Crippen LogP contribution < -0.4 is 0 Å². The molecule has 4 rings (SSSR count). The van der Waals surface area contributed by atoms with Gasteiger partial charge in [0, 0.05) is 29.4 Å². The van der Waals surface area contributed by atoms with Crippen molar-refractivity contribution in [3.05, 3.63) is 23.3 Å². The summed E-state index contributed by atoms with van der Waals surface area (Å²) in [5.41, 5.74) is -2.32. The topological polar surface area (TPSA) is 113 Å². The van der Waals surface area contributed by atoms with E-state index in [-0.39, 0.29) is 23.3 Å². The summed E-state index contributed by atoms with van der Waals surface area (Å²) in [5.74, 6) is -1.84. The van der Waals surface area contributed by atoms with Crippen LogP contribution in [-0.2, 0) is 19.1 Å². The van der Waals surface area contributed by atoms with E-state index in [1.807, 2.05) is 13.0 Å². The number of ether oxygens (including phenoxy) is 2. The van der Waals surface area contributed by atoms with Crippen LogP contribution in [0.25, 0.3) is 0 Å². The summed E-state index contributed by atoms with van der Waals surface area (Å²) in [7, 11) is 0. The molecule has 0 unspecified atom stereocenters. The number of rotatable bonds is 1. The molecule has 7 heteroatoms. The molecule has 0 saturated heterocycles. The van der Waals surface area contributed by atoms with Crippen LogP contribution in [-0.4, -0.2) is 57.3 Å². The lowest BCUT2D eigenvalue weighted by atomic mass is 9.42. The molecule has 8 atom stereocenters. The highest BCUT2D eigenvalue weighted by molar-refractivity contribution is 5.92. The van der Waals surface area contributed by atoms with Crippen LogP contribution in [0.3, 0.4) is 0 Å². The average Bonchev–Trinajstić information content (AvgIpc) is 2.90. The maximum absolute atomic E-state index is 12.2. The third kappa shape index (κ3) is 2.53. The third-order valence-electron chi connectivity index (χ3n) is 8.09. The highest BCUT2D eigenvalue weighted by atomic mass is 16.6. The van der Waals surface area contributed by atoms with Gasteiger partial charge in [-0.3, -0.25) is 4.79 Å². The van der Waals surface area contributed by atoms with Crippen LogP contribution in [0, 0.1) is 22.7 Å². The van der Waals surface area contributed by atoms with Gasteiger partial charge in [-0.2, -0.15) is 0 Å². The Bertz CT molecular complexity index is 827. The van der Waals surface area contributed by atoms with E-state index < -0.39 is 53.3 Å². The second kappa shape index (κ2) is 6.15. The van der Waals surface area contributed by atoms with E-state index >= 15 is 0 Å². The van der Waals surface area contributed by atoms with E-state index in [0.29, 0.717) is 12.0 Å². The Balaban J connectivity index is 1.91. The molecule has 0 bridgehead atoms. The fourth-order valence-electron chi connectivity index (χ4n) is 6.61. The molecular weight excluding hydrogens is 376 g/mol. The summed E-state index contributed by atoms with van der Waals surface area (Å²) in [6, 6.07) is 0. The zero-order chi connectivity index (χ0) is 21.5. The van der Waals surface area contributed by atoms with Crippen LogP contribution in [0.2, 0.25) is 0 Å². The van der Waals surface area contributed by atoms with Crippen molar-refractivity contribution in [3.63, 3.8) is 0 Å². The molecule has 7 nitrogen and oxygen atoms in total. The van der Waals surface area contributed by atoms with E-state index in [4.69, 9.17) is 9.47 Å². The number of esters is 2. The molecule has 0 spiro atoms. The van der Waals surface area contributed by atoms with Gasteiger partial charge < -0.3 is 24.8 Å². The molecule has 0 aromatic heterocycles. The van der Waals surface area contributed by atoms with Crippen molar-refractivity contribution < 1.29 is 34.4 Å². The number of aliphatic hydroxyl groups is 3. The standard InChI is InChI=1S/C22H30O7/c1-10-17-12(29-19(10)26)8-14-21(5)13(20(3,4)7-6-15(21)24)9-16(28-11(2)23)22(14,27)18(17)25/h6-7,12-16,18,24-25,27H,8-9H2,1-5H3/t12-,13-,14+,15-,16+,18+,21-,22-/m1/s1. The van der Waals surface area contributed by atoms with Crippen molar-refractivity contribution in [1.29, 1.82) is 0 Å². The number of hydrogen-bond donors (Lipinski definition) is 3. The maximum atomic E-state index is 12.2. The number of carbonyl (C=O) groups excluding carboxylic acids is 2. The molecule has 2 fully saturated rings. The van der Waals surface area contributed by atoms with Gasteiger partial charge in [0.05, 0.1) is 6.10 Å². The molecular formula is C22H30O7. The molecule has 4 aliphatic rings. The molecule has 1 aliphatic heterocycles. The van der Waals surface area contributed by atoms with E-state index in [1.165, 1.54) is 6.92 Å². The lowest BCUT2D eigenvalue weighted by Crippen LogP contribution is -2.74. The predicted octanol–water partition coefficient (Wildman–Crippen LogP) is 1.25. The van der Waals surface area contributed by atoms with Gasteiger partial charge in [0.2, 0.25) is 0 Å². The molecule has 0 aromatic rings. The van der Waals surface area contributed by atoms with Gasteiger partial charge in [0.1, 0.15) is 23.9 Å². The summed E-state index contributed by atoms with van der Waals surface area (Å²) < 4.78 is 11.0. The van der Waals surface area contributed by atoms with Crippen molar-refractivity contribution in [2.24, 2.45) is 22.7 Å². The summed E-state index contributed by atoms with van der Waals surface area (Å²) in [6.07, 6.45) is 0.340. The number of hydrogen-bond acceptors (Lipinski definition) is 7. The number of fused-ring (bicyclic) bond motifs is 4. The quantitative estimate of drug-likeness (QED) is 0.444. The first-order valence-corrected chi connectivity index (χ1v) is 10.2. The van der Waals surface area contributed by atoms with Crippen LogP contribution in [0.4, 0.5) is 0 Å². The predicted molar refractivity (Wildman–Crippen MR) is 102 cm³/mol. The second-order valence-corrected chi connectivity index (χ2v) is 9.93. The summed E-state index contributed by atoms with van der Waals surface area (Å²) >= 11 is 0. The highest BCUT2D eigenvalue weighted by Crippen LogP contribution is 2.65. The smallest absolute Gasteiger partial charge is 0.334 e. The fraction of sp³-hybridized carbons (Fsp3) is 0.727. The van der Waals surface area contributed by atoms with Crippen LogP contribution in [0.1, 0.15) is 47.5 Å². The molecule has 3 N–H and O–H groups in total. The van der Waals surface area contributed by atoms with Gasteiger partial charge >= 0.3 is 11.9 Å². The number of carbonyl (C=O) groups is 2. The molecule has 1 heterocycles. The Morgan fingerprint density at radius 3 is 2.48 bits per heavy atom. The monoisotopic (exact) mass is 406 g/mol. The minimum atomic E-state index is -1.83. The minimum absolute atomic E-state index is 0.124. The van der Waals surface area contributed by atoms with E-state index in [2.05, 4.69) is 13.8 Å². The Labute approximate surface area is 170 Å². The van der Waals surface area contributed by atoms with Gasteiger partial charge in [0.25, 0.3) is 0 Å². The van der Waals surface area contributed by atoms with Crippen molar-refractivity contribution in [2.45, 2.75) is 77.5 Å². The molecule has 3 aliphatic carbocycles. The van der Waals surface area contributed by atoms with Gasteiger partial charge in [-0.25, -0.2) is 4.79 Å². The number of aliphatic hydroxyl groups excluding tert-OH is 2. The second-order valence-electron chi connectivity index (χ2n) is 9.93. The molecule has 0 aromatic carbocycles. The van der Waals surface area contributed by atoms with Crippen molar-refractivity contribution in [1.82, 2.24) is 0 Å². The Kier molecular flexibility index (Phi) is 4.37. The van der Waals surface area contributed by atoms with Crippen LogP contribution in [0.5, 0.6) is 0 Å². The van der Waals surface area contributed by atoms with Gasteiger partial charge in [-0.1, -0.05) is 32.9 Å². The molecule has 160 valence electrons. The third-order valence-corrected chi connectivity index (χ3v) is 8.09. The Morgan fingerprint density at radius 1 is 1.21 bits per heavy atom. The zero-order valence-corrected chi connectivity index (χ0v) is 17.5. The van der Waals surface area contributed by atoms with Crippen molar-refractivity contribution >= 4 is 11.9 Å². The van der Waals surface area contributed by atoms with E-state index in [0.717, 1.165) is 0 Å². The lowest BCUT2D eigenvalue weighted by Gasteiger charge is -2.65. The van der Waals surface area contributed by atoms with Gasteiger partial charge in [-0.15, -0.1) is 0 Å². The van der Waals surface area contributed by atoms with E-state index in [1.54, 1.807) is 13.0 Å². The summed E-state index contributed by atoms with van der Waals surface area (Å²) in [6.45, 7) is 8.87. The Morgan fingerprint density at radius 2 is 1.86 bits per heavy atom. The SMILES string of the molecule is CC(=O)O[C@H]1C[C@@H]2C(C)(C)C=C[C@@H](O)[C@@]2(C)[C@@H]2C[C@H]3OC(=O)C(C)=C3[C@H](O)[C@]12O. The first-order valence-electron chi connectivity index (χ1n) is 10.2. The molecule has 0 amide bonds. The summed E-state index contributed by atoms with van der Waals surface area (Å²) in [5, 5.41) is 34.3. The van der Waals surface area contributed by atoms with Gasteiger partial charge in [-0.05, 0) is 31.1 Å². The van der Waals surface area contributed by atoms with Crippen LogP contribution in [0.15, 0.2) is 23.3 Å². The van der Waals surface area contributed by atoms with Crippen molar-refractivity contribution in [3.8, 4) is 0 Å². The lowest BCUT2D eigenvalue weighted by molar-refractivity contribution is -0.278. The molecule has 0 radical (unpaired) electrons.